The standard InChI is InChI=1S/C19H26N2O5S/c1-13-3-5-16(6-4-13)27(25,26)21-9-7-15(8-10-21)18(22)20-11-14(2)17(12-20)19(23)24/h3-6,14-15,17H,7-12H2,1-2H3,(H,23,24)/t14-,17-/m1/s1. The van der Waals surface area contributed by atoms with Crippen molar-refractivity contribution in [2.75, 3.05) is 26.2 Å². The zero-order valence-corrected chi connectivity index (χ0v) is 16.5. The highest BCUT2D eigenvalue weighted by atomic mass is 32.2. The largest absolute Gasteiger partial charge is 0.481 e. The summed E-state index contributed by atoms with van der Waals surface area (Å²) in [5.74, 6) is -1.73. The lowest BCUT2D eigenvalue weighted by Crippen LogP contribution is -2.44. The molecule has 0 radical (unpaired) electrons. The van der Waals surface area contributed by atoms with Crippen molar-refractivity contribution in [2.45, 2.75) is 31.6 Å². The Labute approximate surface area is 160 Å². The van der Waals surface area contributed by atoms with Crippen LogP contribution in [0, 0.1) is 24.7 Å². The Balaban J connectivity index is 1.61. The predicted molar refractivity (Wildman–Crippen MR) is 99.5 cm³/mol. The maximum absolute atomic E-state index is 12.8. The monoisotopic (exact) mass is 394 g/mol. The van der Waals surface area contributed by atoms with Gasteiger partial charge in [0.05, 0.1) is 10.8 Å². The van der Waals surface area contributed by atoms with Gasteiger partial charge >= 0.3 is 5.97 Å². The van der Waals surface area contributed by atoms with Crippen molar-refractivity contribution in [1.29, 1.82) is 0 Å². The first-order chi connectivity index (χ1) is 12.7. The summed E-state index contributed by atoms with van der Waals surface area (Å²) in [6.45, 7) is 5.07. The van der Waals surface area contributed by atoms with Crippen LogP contribution in [0.4, 0.5) is 0 Å². The molecule has 148 valence electrons. The molecule has 2 saturated heterocycles. The molecule has 0 spiro atoms. The first-order valence-corrected chi connectivity index (χ1v) is 10.7. The van der Waals surface area contributed by atoms with Crippen molar-refractivity contribution in [3.63, 3.8) is 0 Å². The summed E-state index contributed by atoms with van der Waals surface area (Å²) in [7, 11) is -3.55. The number of amides is 1. The second-order valence-electron chi connectivity index (χ2n) is 7.66. The summed E-state index contributed by atoms with van der Waals surface area (Å²) in [6, 6.07) is 6.77. The Kier molecular flexibility index (Phi) is 5.58. The van der Waals surface area contributed by atoms with Crippen molar-refractivity contribution in [3.05, 3.63) is 29.8 Å². The number of hydrogen-bond acceptors (Lipinski definition) is 4. The molecule has 2 atom stereocenters. The average Bonchev–Trinajstić information content (AvgIpc) is 3.03. The van der Waals surface area contributed by atoms with Crippen molar-refractivity contribution in [3.8, 4) is 0 Å². The number of likely N-dealkylation sites (tertiary alicyclic amines) is 1. The number of aryl methyl sites for hydroxylation is 1. The van der Waals surface area contributed by atoms with Crippen LogP contribution >= 0.6 is 0 Å². The summed E-state index contributed by atoms with van der Waals surface area (Å²) in [6.07, 6.45) is 0.930. The number of carboxylic acids is 1. The fraction of sp³-hybridized carbons (Fsp3) is 0.579. The van der Waals surface area contributed by atoms with E-state index in [1.807, 2.05) is 13.8 Å². The van der Waals surface area contributed by atoms with Crippen LogP contribution in [0.2, 0.25) is 0 Å². The van der Waals surface area contributed by atoms with Gasteiger partial charge in [-0.05, 0) is 37.8 Å². The van der Waals surface area contributed by atoms with Crippen LogP contribution in [-0.2, 0) is 19.6 Å². The topological polar surface area (TPSA) is 95.0 Å². The summed E-state index contributed by atoms with van der Waals surface area (Å²) in [5, 5.41) is 9.23. The van der Waals surface area contributed by atoms with Gasteiger partial charge in [-0.25, -0.2) is 8.42 Å². The number of rotatable bonds is 4. The summed E-state index contributed by atoms with van der Waals surface area (Å²) in [5.41, 5.74) is 0.998. The van der Waals surface area contributed by atoms with E-state index >= 15 is 0 Å². The predicted octanol–water partition coefficient (Wildman–Crippen LogP) is 1.57. The van der Waals surface area contributed by atoms with Crippen LogP contribution in [0.15, 0.2) is 29.2 Å². The van der Waals surface area contributed by atoms with E-state index in [1.165, 1.54) is 4.31 Å². The summed E-state index contributed by atoms with van der Waals surface area (Å²) >= 11 is 0. The Morgan fingerprint density at radius 2 is 1.67 bits per heavy atom. The van der Waals surface area contributed by atoms with Crippen LogP contribution < -0.4 is 0 Å². The average molecular weight is 394 g/mol. The molecule has 0 aliphatic carbocycles. The Bertz CT molecular complexity index is 813. The second-order valence-corrected chi connectivity index (χ2v) is 9.59. The molecule has 0 saturated carbocycles. The van der Waals surface area contributed by atoms with Crippen molar-refractivity contribution in [1.82, 2.24) is 9.21 Å². The quantitative estimate of drug-likeness (QED) is 0.837. The van der Waals surface area contributed by atoms with Crippen LogP contribution in [-0.4, -0.2) is 60.8 Å². The summed E-state index contributed by atoms with van der Waals surface area (Å²) in [4.78, 5) is 25.9. The van der Waals surface area contributed by atoms with Crippen LogP contribution in [0.25, 0.3) is 0 Å². The Morgan fingerprint density at radius 3 is 2.19 bits per heavy atom. The Hall–Kier alpha value is -1.93. The van der Waals surface area contributed by atoms with Gasteiger partial charge in [0, 0.05) is 32.1 Å². The third-order valence-electron chi connectivity index (χ3n) is 5.70. The smallest absolute Gasteiger partial charge is 0.308 e. The Morgan fingerprint density at radius 1 is 1.07 bits per heavy atom. The fourth-order valence-electron chi connectivity index (χ4n) is 3.93. The maximum Gasteiger partial charge on any atom is 0.308 e. The number of hydrogen-bond donors (Lipinski definition) is 1. The lowest BCUT2D eigenvalue weighted by atomic mass is 9.96. The maximum atomic E-state index is 12.8. The van der Waals surface area contributed by atoms with Gasteiger partial charge < -0.3 is 10.0 Å². The number of carboxylic acid groups (broad SMARTS) is 1. The molecule has 3 rings (SSSR count). The molecule has 2 fully saturated rings. The lowest BCUT2D eigenvalue weighted by Gasteiger charge is -2.32. The van der Waals surface area contributed by atoms with Gasteiger partial charge in [-0.1, -0.05) is 24.6 Å². The zero-order chi connectivity index (χ0) is 19.8. The van der Waals surface area contributed by atoms with Gasteiger partial charge in [0.1, 0.15) is 0 Å². The number of benzene rings is 1. The minimum absolute atomic E-state index is 0.0435. The van der Waals surface area contributed by atoms with E-state index in [4.69, 9.17) is 0 Å². The highest BCUT2D eigenvalue weighted by Crippen LogP contribution is 2.29. The first kappa shape index (κ1) is 19.8. The molecule has 2 heterocycles. The van der Waals surface area contributed by atoms with Gasteiger partial charge in [0.25, 0.3) is 0 Å². The molecular weight excluding hydrogens is 368 g/mol. The third-order valence-corrected chi connectivity index (χ3v) is 7.62. The SMILES string of the molecule is Cc1ccc(S(=O)(=O)N2CCC(C(=O)N3C[C@@H](C)[C@H](C(=O)O)C3)CC2)cc1. The van der Waals surface area contributed by atoms with Gasteiger partial charge in [-0.3, -0.25) is 9.59 Å². The molecule has 1 aromatic rings. The lowest BCUT2D eigenvalue weighted by molar-refractivity contribution is -0.142. The van der Waals surface area contributed by atoms with E-state index in [2.05, 4.69) is 0 Å². The van der Waals surface area contributed by atoms with Gasteiger partial charge in [0.15, 0.2) is 0 Å². The van der Waals surface area contributed by atoms with Crippen molar-refractivity contribution in [2.24, 2.45) is 17.8 Å². The molecule has 8 heteroatoms. The summed E-state index contributed by atoms with van der Waals surface area (Å²) < 4.78 is 27.0. The number of carbonyl (C=O) groups excluding carboxylic acids is 1. The number of carbonyl (C=O) groups is 2. The third kappa shape index (κ3) is 4.01. The fourth-order valence-corrected chi connectivity index (χ4v) is 5.40. The van der Waals surface area contributed by atoms with E-state index in [0.29, 0.717) is 32.5 Å². The molecule has 27 heavy (non-hydrogen) atoms. The van der Waals surface area contributed by atoms with Crippen molar-refractivity contribution < 1.29 is 23.1 Å². The molecule has 2 aliphatic heterocycles. The van der Waals surface area contributed by atoms with Gasteiger partial charge in [0.2, 0.25) is 15.9 Å². The van der Waals surface area contributed by atoms with E-state index < -0.39 is 21.9 Å². The van der Waals surface area contributed by atoms with E-state index in [1.54, 1.807) is 29.2 Å². The molecule has 1 amide bonds. The van der Waals surface area contributed by atoms with E-state index in [0.717, 1.165) is 5.56 Å². The van der Waals surface area contributed by atoms with E-state index in [-0.39, 0.29) is 29.2 Å². The van der Waals surface area contributed by atoms with E-state index in [9.17, 15) is 23.1 Å². The van der Waals surface area contributed by atoms with Crippen LogP contribution in [0.5, 0.6) is 0 Å². The minimum atomic E-state index is -3.55. The normalized spacial score (nSPS) is 24.9. The highest BCUT2D eigenvalue weighted by molar-refractivity contribution is 7.89. The molecule has 7 nitrogen and oxygen atoms in total. The number of aliphatic carboxylic acids is 1. The molecule has 1 aromatic carbocycles. The van der Waals surface area contributed by atoms with Crippen molar-refractivity contribution >= 4 is 21.9 Å². The zero-order valence-electron chi connectivity index (χ0n) is 15.7. The molecule has 0 bridgehead atoms. The molecule has 2 aliphatic rings. The molecule has 0 unspecified atom stereocenters. The second kappa shape index (κ2) is 7.59. The van der Waals surface area contributed by atoms with Crippen LogP contribution in [0.1, 0.15) is 25.3 Å². The number of sulfonamides is 1. The molecular formula is C19H26N2O5S. The minimum Gasteiger partial charge on any atom is -0.481 e. The highest BCUT2D eigenvalue weighted by Gasteiger charge is 2.40. The molecule has 0 aromatic heterocycles. The number of piperidine rings is 1. The number of nitrogens with zero attached hydrogens (tertiary/aromatic N) is 2. The first-order valence-electron chi connectivity index (χ1n) is 9.28. The van der Waals surface area contributed by atoms with Gasteiger partial charge in [-0.15, -0.1) is 0 Å². The molecule has 1 N–H and O–H groups in total. The van der Waals surface area contributed by atoms with Gasteiger partial charge in [-0.2, -0.15) is 4.31 Å². The van der Waals surface area contributed by atoms with Crippen LogP contribution in [0.3, 0.4) is 0 Å².